The molecule has 1 aromatic heterocycles. The number of hydrogen-bond acceptors (Lipinski definition) is 3. The van der Waals surface area contributed by atoms with Gasteiger partial charge in [-0.1, -0.05) is 67.6 Å². The van der Waals surface area contributed by atoms with E-state index in [0.717, 1.165) is 28.2 Å². The summed E-state index contributed by atoms with van der Waals surface area (Å²) in [6, 6.07) is 18.3. The van der Waals surface area contributed by atoms with Crippen LogP contribution in [0.5, 0.6) is 0 Å². The van der Waals surface area contributed by atoms with Crippen LogP contribution in [-0.4, -0.2) is 17.4 Å². The molecule has 24 heavy (non-hydrogen) atoms. The van der Waals surface area contributed by atoms with E-state index >= 15 is 0 Å². The number of amides is 1. The van der Waals surface area contributed by atoms with Gasteiger partial charge in [-0.2, -0.15) is 0 Å². The topological polar surface area (TPSA) is 33.2 Å². The molecular formula is C20H22N2OS. The first-order valence-corrected chi connectivity index (χ1v) is 9.21. The first-order chi connectivity index (χ1) is 11.7. The molecule has 4 heteroatoms. The highest BCUT2D eigenvalue weighted by atomic mass is 32.1. The second kappa shape index (κ2) is 7.58. The Balaban J connectivity index is 1.87. The lowest BCUT2D eigenvalue weighted by molar-refractivity contribution is -0.122. The number of carbonyl (C=O) groups is 1. The van der Waals surface area contributed by atoms with Crippen molar-refractivity contribution in [2.45, 2.75) is 26.7 Å². The van der Waals surface area contributed by atoms with Crippen molar-refractivity contribution < 1.29 is 4.79 Å². The van der Waals surface area contributed by atoms with Crippen LogP contribution < -0.4 is 4.90 Å². The summed E-state index contributed by atoms with van der Waals surface area (Å²) in [6.07, 6.45) is 1.67. The first kappa shape index (κ1) is 16.7. The molecule has 0 N–H and O–H groups in total. The number of carbonyl (C=O) groups excluding carboxylic acids is 1. The summed E-state index contributed by atoms with van der Waals surface area (Å²) < 4.78 is 1.12. The van der Waals surface area contributed by atoms with E-state index in [1.165, 1.54) is 5.56 Å². The van der Waals surface area contributed by atoms with Gasteiger partial charge in [-0.25, -0.2) is 4.98 Å². The van der Waals surface area contributed by atoms with Crippen LogP contribution in [0.4, 0.5) is 5.13 Å². The lowest BCUT2D eigenvalue weighted by atomic mass is 10.1. The number of para-hydroxylation sites is 1. The smallest absolute Gasteiger partial charge is 0.231 e. The van der Waals surface area contributed by atoms with Gasteiger partial charge in [0.1, 0.15) is 0 Å². The number of benzene rings is 2. The van der Waals surface area contributed by atoms with E-state index in [-0.39, 0.29) is 11.8 Å². The number of nitrogens with zero attached hydrogens (tertiary/aromatic N) is 2. The zero-order valence-corrected chi connectivity index (χ0v) is 14.9. The molecule has 1 amide bonds. The van der Waals surface area contributed by atoms with Gasteiger partial charge in [-0.05, 0) is 30.5 Å². The molecule has 3 nitrogen and oxygen atoms in total. The van der Waals surface area contributed by atoms with Crippen LogP contribution in [0, 0.1) is 5.92 Å². The lowest BCUT2D eigenvalue weighted by Gasteiger charge is -2.23. The van der Waals surface area contributed by atoms with E-state index in [1.54, 1.807) is 11.3 Å². The molecule has 1 heterocycles. The highest BCUT2D eigenvalue weighted by molar-refractivity contribution is 7.22. The van der Waals surface area contributed by atoms with Crippen LogP contribution >= 0.6 is 11.3 Å². The van der Waals surface area contributed by atoms with Gasteiger partial charge >= 0.3 is 0 Å². The van der Waals surface area contributed by atoms with E-state index in [9.17, 15) is 4.79 Å². The molecule has 0 fully saturated rings. The molecule has 3 aromatic rings. The third-order valence-electron chi connectivity index (χ3n) is 4.28. The zero-order valence-electron chi connectivity index (χ0n) is 14.1. The average molecular weight is 338 g/mol. The molecule has 0 saturated carbocycles. The summed E-state index contributed by atoms with van der Waals surface area (Å²) in [4.78, 5) is 19.4. The number of fused-ring (bicyclic) bond motifs is 1. The van der Waals surface area contributed by atoms with E-state index in [2.05, 4.69) is 30.1 Å². The van der Waals surface area contributed by atoms with Crippen LogP contribution in [-0.2, 0) is 11.2 Å². The van der Waals surface area contributed by atoms with Gasteiger partial charge in [-0.3, -0.25) is 9.69 Å². The average Bonchev–Trinajstić information content (AvgIpc) is 3.05. The molecule has 0 spiro atoms. The number of aromatic nitrogens is 1. The Morgan fingerprint density at radius 2 is 1.83 bits per heavy atom. The van der Waals surface area contributed by atoms with Gasteiger partial charge < -0.3 is 0 Å². The maximum atomic E-state index is 12.9. The Bertz CT molecular complexity index is 780. The first-order valence-electron chi connectivity index (χ1n) is 8.40. The Kier molecular flexibility index (Phi) is 5.26. The molecule has 124 valence electrons. The molecule has 0 bridgehead atoms. The normalized spacial score (nSPS) is 12.2. The summed E-state index contributed by atoms with van der Waals surface area (Å²) in [6.45, 7) is 4.70. The number of hydrogen-bond donors (Lipinski definition) is 0. The van der Waals surface area contributed by atoms with E-state index in [1.807, 2.05) is 48.2 Å². The quantitative estimate of drug-likeness (QED) is 0.639. The van der Waals surface area contributed by atoms with Gasteiger partial charge in [-0.15, -0.1) is 0 Å². The maximum absolute atomic E-state index is 12.9. The van der Waals surface area contributed by atoms with Crippen LogP contribution in [0.15, 0.2) is 54.6 Å². The Morgan fingerprint density at radius 1 is 1.12 bits per heavy atom. The van der Waals surface area contributed by atoms with Crippen molar-refractivity contribution in [3.63, 3.8) is 0 Å². The minimum absolute atomic E-state index is 0.00721. The van der Waals surface area contributed by atoms with Crippen LogP contribution in [0.3, 0.4) is 0 Å². The fourth-order valence-corrected chi connectivity index (χ4v) is 3.60. The van der Waals surface area contributed by atoms with Crippen molar-refractivity contribution in [3.8, 4) is 0 Å². The Morgan fingerprint density at radius 3 is 2.54 bits per heavy atom. The predicted molar refractivity (Wildman–Crippen MR) is 102 cm³/mol. The fraction of sp³-hybridized carbons (Fsp3) is 0.300. The van der Waals surface area contributed by atoms with Crippen molar-refractivity contribution in [2.75, 3.05) is 11.4 Å². The Labute approximate surface area is 147 Å². The maximum Gasteiger partial charge on any atom is 0.231 e. The van der Waals surface area contributed by atoms with Gasteiger partial charge in [0.05, 0.1) is 10.2 Å². The van der Waals surface area contributed by atoms with Crippen molar-refractivity contribution in [1.29, 1.82) is 0 Å². The number of rotatable bonds is 6. The minimum atomic E-state index is 0.00721. The molecule has 3 rings (SSSR count). The molecular weight excluding hydrogens is 316 g/mol. The van der Waals surface area contributed by atoms with E-state index in [4.69, 9.17) is 0 Å². The molecule has 0 saturated heterocycles. The summed E-state index contributed by atoms with van der Waals surface area (Å²) >= 11 is 1.59. The fourth-order valence-electron chi connectivity index (χ4n) is 2.60. The van der Waals surface area contributed by atoms with Crippen LogP contribution in [0.25, 0.3) is 10.2 Å². The van der Waals surface area contributed by atoms with Crippen LogP contribution in [0.2, 0.25) is 0 Å². The van der Waals surface area contributed by atoms with Crippen LogP contribution in [0.1, 0.15) is 25.8 Å². The van der Waals surface area contributed by atoms with Crippen molar-refractivity contribution >= 4 is 32.6 Å². The zero-order chi connectivity index (χ0) is 16.9. The second-order valence-electron chi connectivity index (χ2n) is 6.00. The third-order valence-corrected chi connectivity index (χ3v) is 5.34. The standard InChI is InChI=1S/C20H22N2OS/c1-3-15(2)19(23)22(14-13-16-9-5-4-6-10-16)20-21-17-11-7-8-12-18(17)24-20/h4-12,15H,3,13-14H2,1-2H3. The summed E-state index contributed by atoms with van der Waals surface area (Å²) in [5.41, 5.74) is 2.19. The molecule has 1 atom stereocenters. The summed E-state index contributed by atoms with van der Waals surface area (Å²) in [7, 11) is 0. The molecule has 0 radical (unpaired) electrons. The van der Waals surface area contributed by atoms with Gasteiger partial charge in [0.2, 0.25) is 5.91 Å². The van der Waals surface area contributed by atoms with E-state index < -0.39 is 0 Å². The summed E-state index contributed by atoms with van der Waals surface area (Å²) in [5, 5.41) is 0.803. The summed E-state index contributed by atoms with van der Waals surface area (Å²) in [5.74, 6) is 0.167. The lowest BCUT2D eigenvalue weighted by Crippen LogP contribution is -2.36. The van der Waals surface area contributed by atoms with Crippen molar-refractivity contribution in [2.24, 2.45) is 5.92 Å². The molecule has 0 aliphatic rings. The van der Waals surface area contributed by atoms with Gasteiger partial charge in [0, 0.05) is 12.5 Å². The third kappa shape index (κ3) is 3.65. The predicted octanol–water partition coefficient (Wildman–Crippen LogP) is 4.92. The van der Waals surface area contributed by atoms with Crippen molar-refractivity contribution in [1.82, 2.24) is 4.98 Å². The van der Waals surface area contributed by atoms with E-state index in [0.29, 0.717) is 6.54 Å². The monoisotopic (exact) mass is 338 g/mol. The molecule has 0 aliphatic carbocycles. The SMILES string of the molecule is CCC(C)C(=O)N(CCc1ccccc1)c1nc2ccccc2s1. The molecule has 0 aliphatic heterocycles. The van der Waals surface area contributed by atoms with Gasteiger partial charge in [0.15, 0.2) is 5.13 Å². The second-order valence-corrected chi connectivity index (χ2v) is 7.01. The highest BCUT2D eigenvalue weighted by Crippen LogP contribution is 2.30. The number of thiazole rings is 1. The largest absolute Gasteiger partial charge is 0.288 e. The minimum Gasteiger partial charge on any atom is -0.288 e. The van der Waals surface area contributed by atoms with Crippen molar-refractivity contribution in [3.05, 3.63) is 60.2 Å². The Hall–Kier alpha value is -2.20. The van der Waals surface area contributed by atoms with Gasteiger partial charge in [0.25, 0.3) is 0 Å². The molecule has 1 unspecified atom stereocenters. The molecule has 2 aromatic carbocycles. The number of anilines is 1. The highest BCUT2D eigenvalue weighted by Gasteiger charge is 2.23.